The van der Waals surface area contributed by atoms with Gasteiger partial charge in [0.15, 0.2) is 0 Å². The highest BCUT2D eigenvalue weighted by Gasteiger charge is 2.23. The molecule has 1 atom stereocenters. The summed E-state index contributed by atoms with van der Waals surface area (Å²) in [5.74, 6) is 1.91. The SMILES string of the molecule is CC(NCc1ncnn1C(C)C)C1CCC1. The van der Waals surface area contributed by atoms with Crippen LogP contribution in [0.4, 0.5) is 0 Å². The summed E-state index contributed by atoms with van der Waals surface area (Å²) in [5.41, 5.74) is 0. The lowest BCUT2D eigenvalue weighted by molar-refractivity contribution is 0.238. The number of hydrogen-bond acceptors (Lipinski definition) is 3. The Balaban J connectivity index is 1.86. The smallest absolute Gasteiger partial charge is 0.141 e. The molecule has 1 unspecified atom stereocenters. The fraction of sp³-hybridized carbons (Fsp3) is 0.833. The van der Waals surface area contributed by atoms with Crippen LogP contribution in [0.1, 0.15) is 51.9 Å². The maximum absolute atomic E-state index is 4.30. The highest BCUT2D eigenvalue weighted by Crippen LogP contribution is 2.29. The molecule has 2 rings (SSSR count). The monoisotopic (exact) mass is 222 g/mol. The number of hydrogen-bond donors (Lipinski definition) is 1. The van der Waals surface area contributed by atoms with Gasteiger partial charge < -0.3 is 5.32 Å². The molecule has 1 aliphatic carbocycles. The minimum Gasteiger partial charge on any atom is -0.307 e. The van der Waals surface area contributed by atoms with Crippen molar-refractivity contribution in [3.8, 4) is 0 Å². The zero-order valence-electron chi connectivity index (χ0n) is 10.5. The predicted octanol–water partition coefficient (Wildman–Crippen LogP) is 2.14. The quantitative estimate of drug-likeness (QED) is 0.830. The molecule has 1 heterocycles. The van der Waals surface area contributed by atoms with Gasteiger partial charge in [0.25, 0.3) is 0 Å². The first kappa shape index (κ1) is 11.6. The third-order valence-electron chi connectivity index (χ3n) is 3.58. The van der Waals surface area contributed by atoms with Crippen molar-refractivity contribution >= 4 is 0 Å². The molecular formula is C12H22N4. The Bertz CT molecular complexity index is 328. The predicted molar refractivity (Wildman–Crippen MR) is 64.0 cm³/mol. The average molecular weight is 222 g/mol. The van der Waals surface area contributed by atoms with E-state index in [-0.39, 0.29) is 0 Å². The van der Waals surface area contributed by atoms with Gasteiger partial charge in [-0.1, -0.05) is 6.42 Å². The molecule has 1 saturated carbocycles. The van der Waals surface area contributed by atoms with Crippen LogP contribution in [0.2, 0.25) is 0 Å². The largest absolute Gasteiger partial charge is 0.307 e. The van der Waals surface area contributed by atoms with E-state index in [0.29, 0.717) is 12.1 Å². The van der Waals surface area contributed by atoms with Crippen LogP contribution in [-0.4, -0.2) is 20.8 Å². The van der Waals surface area contributed by atoms with Crippen LogP contribution in [0.15, 0.2) is 6.33 Å². The summed E-state index contributed by atoms with van der Waals surface area (Å²) in [6.45, 7) is 7.37. The normalized spacial score (nSPS) is 18.8. The molecule has 0 aliphatic heterocycles. The fourth-order valence-corrected chi connectivity index (χ4v) is 2.19. The van der Waals surface area contributed by atoms with E-state index in [4.69, 9.17) is 0 Å². The second-order valence-electron chi connectivity index (χ2n) is 5.08. The molecule has 90 valence electrons. The van der Waals surface area contributed by atoms with Crippen molar-refractivity contribution in [1.29, 1.82) is 0 Å². The Morgan fingerprint density at radius 1 is 1.44 bits per heavy atom. The van der Waals surface area contributed by atoms with Crippen molar-refractivity contribution in [2.75, 3.05) is 0 Å². The van der Waals surface area contributed by atoms with Gasteiger partial charge in [0.1, 0.15) is 12.2 Å². The summed E-state index contributed by atoms with van der Waals surface area (Å²) in [5, 5.41) is 7.80. The van der Waals surface area contributed by atoms with Gasteiger partial charge in [-0.05, 0) is 39.5 Å². The van der Waals surface area contributed by atoms with Crippen LogP contribution >= 0.6 is 0 Å². The standard InChI is InChI=1S/C12H22N4/c1-9(2)16-12(14-8-15-16)7-13-10(3)11-5-4-6-11/h8-11,13H,4-7H2,1-3H3. The maximum atomic E-state index is 4.30. The van der Waals surface area contributed by atoms with E-state index in [1.807, 2.05) is 4.68 Å². The highest BCUT2D eigenvalue weighted by molar-refractivity contribution is 4.88. The van der Waals surface area contributed by atoms with Gasteiger partial charge >= 0.3 is 0 Å². The van der Waals surface area contributed by atoms with Crippen LogP contribution in [-0.2, 0) is 6.54 Å². The first-order valence-corrected chi connectivity index (χ1v) is 6.30. The van der Waals surface area contributed by atoms with Crippen molar-refractivity contribution in [2.45, 2.75) is 58.7 Å². The molecule has 0 saturated heterocycles. The van der Waals surface area contributed by atoms with Gasteiger partial charge in [0.2, 0.25) is 0 Å². The molecule has 0 bridgehead atoms. The molecule has 0 spiro atoms. The second kappa shape index (κ2) is 4.95. The summed E-state index contributed by atoms with van der Waals surface area (Å²) < 4.78 is 1.99. The molecule has 4 nitrogen and oxygen atoms in total. The fourth-order valence-electron chi connectivity index (χ4n) is 2.19. The van der Waals surface area contributed by atoms with Gasteiger partial charge in [-0.25, -0.2) is 9.67 Å². The van der Waals surface area contributed by atoms with Crippen LogP contribution < -0.4 is 5.32 Å². The van der Waals surface area contributed by atoms with Crippen LogP contribution in [0.3, 0.4) is 0 Å². The summed E-state index contributed by atoms with van der Waals surface area (Å²) in [7, 11) is 0. The first-order valence-electron chi connectivity index (χ1n) is 6.30. The maximum Gasteiger partial charge on any atom is 0.141 e. The van der Waals surface area contributed by atoms with Crippen molar-refractivity contribution in [3.05, 3.63) is 12.2 Å². The Labute approximate surface area is 97.5 Å². The second-order valence-corrected chi connectivity index (χ2v) is 5.08. The third kappa shape index (κ3) is 2.43. The molecule has 16 heavy (non-hydrogen) atoms. The van der Waals surface area contributed by atoms with Crippen molar-refractivity contribution < 1.29 is 0 Å². The van der Waals surface area contributed by atoms with E-state index >= 15 is 0 Å². The van der Waals surface area contributed by atoms with Crippen molar-refractivity contribution in [2.24, 2.45) is 5.92 Å². The summed E-state index contributed by atoms with van der Waals surface area (Å²) in [6, 6.07) is 0.990. The lowest BCUT2D eigenvalue weighted by Crippen LogP contribution is -2.37. The van der Waals surface area contributed by atoms with Gasteiger partial charge in [0.05, 0.1) is 6.54 Å². The summed E-state index contributed by atoms with van der Waals surface area (Å²) in [6.07, 6.45) is 5.81. The number of nitrogens with zero attached hydrogens (tertiary/aromatic N) is 3. The highest BCUT2D eigenvalue weighted by atomic mass is 15.4. The lowest BCUT2D eigenvalue weighted by Gasteiger charge is -2.32. The van der Waals surface area contributed by atoms with Crippen LogP contribution in [0.5, 0.6) is 0 Å². The van der Waals surface area contributed by atoms with Gasteiger partial charge in [-0.15, -0.1) is 0 Å². The molecule has 0 amide bonds. The Kier molecular flexibility index (Phi) is 3.59. The summed E-state index contributed by atoms with van der Waals surface area (Å²) >= 11 is 0. The number of nitrogens with one attached hydrogen (secondary N) is 1. The molecule has 1 aromatic rings. The lowest BCUT2D eigenvalue weighted by atomic mass is 9.80. The molecule has 0 aromatic carbocycles. The Morgan fingerprint density at radius 2 is 2.19 bits per heavy atom. The van der Waals surface area contributed by atoms with E-state index in [9.17, 15) is 0 Å². The number of aromatic nitrogens is 3. The molecule has 1 N–H and O–H groups in total. The van der Waals surface area contributed by atoms with Gasteiger partial charge in [-0.2, -0.15) is 5.10 Å². The minimum absolute atomic E-state index is 0.387. The molecule has 1 aromatic heterocycles. The average Bonchev–Trinajstić information content (AvgIpc) is 2.59. The zero-order valence-corrected chi connectivity index (χ0v) is 10.5. The van der Waals surface area contributed by atoms with E-state index < -0.39 is 0 Å². The van der Waals surface area contributed by atoms with E-state index in [0.717, 1.165) is 18.3 Å². The van der Waals surface area contributed by atoms with E-state index in [2.05, 4.69) is 36.2 Å². The van der Waals surface area contributed by atoms with E-state index in [1.54, 1.807) is 6.33 Å². The van der Waals surface area contributed by atoms with Crippen molar-refractivity contribution in [1.82, 2.24) is 20.1 Å². The topological polar surface area (TPSA) is 42.7 Å². The molecule has 4 heteroatoms. The molecular weight excluding hydrogens is 200 g/mol. The Morgan fingerprint density at radius 3 is 2.75 bits per heavy atom. The van der Waals surface area contributed by atoms with Crippen molar-refractivity contribution in [3.63, 3.8) is 0 Å². The first-order chi connectivity index (χ1) is 7.68. The molecule has 0 radical (unpaired) electrons. The Hall–Kier alpha value is -0.900. The third-order valence-corrected chi connectivity index (χ3v) is 3.58. The molecule has 1 aliphatic rings. The minimum atomic E-state index is 0.387. The number of rotatable bonds is 5. The molecule has 1 fully saturated rings. The van der Waals surface area contributed by atoms with Gasteiger partial charge in [0, 0.05) is 12.1 Å². The summed E-state index contributed by atoms with van der Waals surface area (Å²) in [4.78, 5) is 4.30. The zero-order chi connectivity index (χ0) is 11.5. The van der Waals surface area contributed by atoms with E-state index in [1.165, 1.54) is 19.3 Å². The van der Waals surface area contributed by atoms with Gasteiger partial charge in [-0.3, -0.25) is 0 Å². The van der Waals surface area contributed by atoms with Crippen LogP contribution in [0, 0.1) is 5.92 Å². The van der Waals surface area contributed by atoms with Crippen LogP contribution in [0.25, 0.3) is 0 Å².